The summed E-state index contributed by atoms with van der Waals surface area (Å²) in [5, 5.41) is 8.80. The second kappa shape index (κ2) is 6.95. The average molecular weight is 355 g/mol. The quantitative estimate of drug-likeness (QED) is 0.913. The minimum absolute atomic E-state index is 0.0540. The van der Waals surface area contributed by atoms with Crippen molar-refractivity contribution in [1.29, 1.82) is 5.26 Å². The van der Waals surface area contributed by atoms with Gasteiger partial charge in [-0.15, -0.1) is 0 Å². The molecule has 128 valence electrons. The fourth-order valence-corrected chi connectivity index (χ4v) is 3.79. The molecule has 1 aliphatic rings. The smallest absolute Gasteiger partial charge is 0.261 e. The normalized spacial score (nSPS) is 14.8. The second-order valence-electron chi connectivity index (χ2n) is 5.79. The molecule has 0 aromatic heterocycles. The number of nitrogens with zero attached hydrogens (tertiary/aromatic N) is 2. The van der Waals surface area contributed by atoms with Gasteiger partial charge in [-0.2, -0.15) is 5.26 Å². The molecule has 2 aromatic carbocycles. The van der Waals surface area contributed by atoms with Crippen LogP contribution in [0.4, 0.5) is 11.4 Å². The highest BCUT2D eigenvalue weighted by atomic mass is 32.2. The molecule has 6 nitrogen and oxygen atoms in total. The van der Waals surface area contributed by atoms with E-state index < -0.39 is 10.0 Å². The summed E-state index contributed by atoms with van der Waals surface area (Å²) in [5.41, 5.74) is 1.47. The lowest BCUT2D eigenvalue weighted by Crippen LogP contribution is -2.35. The monoisotopic (exact) mass is 355 g/mol. The number of benzene rings is 2. The van der Waals surface area contributed by atoms with Crippen molar-refractivity contribution in [2.45, 2.75) is 24.2 Å². The highest BCUT2D eigenvalue weighted by Crippen LogP contribution is 2.25. The first-order valence-electron chi connectivity index (χ1n) is 7.93. The number of piperidine rings is 1. The molecule has 3 rings (SSSR count). The molecule has 1 heterocycles. The van der Waals surface area contributed by atoms with Gasteiger partial charge in [-0.05, 0) is 55.3 Å². The minimum atomic E-state index is -3.76. The number of carbonyl (C=O) groups is 1. The van der Waals surface area contributed by atoms with Crippen LogP contribution in [0.5, 0.6) is 0 Å². The zero-order valence-corrected chi connectivity index (χ0v) is 14.3. The molecule has 1 fully saturated rings. The van der Waals surface area contributed by atoms with E-state index in [0.717, 1.165) is 12.8 Å². The van der Waals surface area contributed by atoms with Gasteiger partial charge in [0, 0.05) is 18.7 Å². The third kappa shape index (κ3) is 3.80. The van der Waals surface area contributed by atoms with Crippen LogP contribution in [-0.4, -0.2) is 20.9 Å². The van der Waals surface area contributed by atoms with Crippen molar-refractivity contribution in [3.8, 4) is 6.07 Å². The van der Waals surface area contributed by atoms with E-state index in [1.165, 1.54) is 24.3 Å². The number of anilines is 2. The highest BCUT2D eigenvalue weighted by molar-refractivity contribution is 7.92. The van der Waals surface area contributed by atoms with Gasteiger partial charge in [0.15, 0.2) is 0 Å². The topological polar surface area (TPSA) is 90.3 Å². The van der Waals surface area contributed by atoms with Gasteiger partial charge in [0.25, 0.3) is 10.0 Å². The Balaban J connectivity index is 1.83. The summed E-state index contributed by atoms with van der Waals surface area (Å²) >= 11 is 0. The van der Waals surface area contributed by atoms with Crippen LogP contribution in [0, 0.1) is 11.3 Å². The molecular formula is C18H17N3O3S. The standard InChI is InChI=1S/C18H17N3O3S/c19-13-14-7-9-17(10-8-14)25(23,24)20-15-4-3-5-16(12-15)21-11-2-1-6-18(21)22/h3-5,7-10,12,20H,1-2,6,11H2. The summed E-state index contributed by atoms with van der Waals surface area (Å²) in [4.78, 5) is 13.8. The van der Waals surface area contributed by atoms with Crippen LogP contribution in [0.1, 0.15) is 24.8 Å². The predicted octanol–water partition coefficient (Wildman–Crippen LogP) is 2.88. The number of hydrogen-bond acceptors (Lipinski definition) is 4. The first-order valence-corrected chi connectivity index (χ1v) is 9.41. The average Bonchev–Trinajstić information content (AvgIpc) is 2.62. The Bertz CT molecular complexity index is 931. The number of nitrogens with one attached hydrogen (secondary N) is 1. The van der Waals surface area contributed by atoms with E-state index in [2.05, 4.69) is 4.72 Å². The van der Waals surface area contributed by atoms with Crippen LogP contribution < -0.4 is 9.62 Å². The van der Waals surface area contributed by atoms with Crippen molar-refractivity contribution in [1.82, 2.24) is 0 Å². The lowest BCUT2D eigenvalue weighted by Gasteiger charge is -2.27. The van der Waals surface area contributed by atoms with E-state index in [9.17, 15) is 13.2 Å². The molecule has 25 heavy (non-hydrogen) atoms. The second-order valence-corrected chi connectivity index (χ2v) is 7.48. The predicted molar refractivity (Wildman–Crippen MR) is 94.6 cm³/mol. The summed E-state index contributed by atoms with van der Waals surface area (Å²) in [7, 11) is -3.76. The number of amides is 1. The Morgan fingerprint density at radius 3 is 2.52 bits per heavy atom. The first-order chi connectivity index (χ1) is 12.0. The molecule has 1 amide bonds. The van der Waals surface area contributed by atoms with Gasteiger partial charge in [0.05, 0.1) is 22.2 Å². The molecule has 1 aliphatic heterocycles. The van der Waals surface area contributed by atoms with Crippen LogP contribution in [0.3, 0.4) is 0 Å². The molecule has 0 unspecified atom stereocenters. The summed E-state index contributed by atoms with van der Waals surface area (Å²) in [6, 6.07) is 14.4. The number of carbonyl (C=O) groups excluding carboxylic acids is 1. The number of sulfonamides is 1. The number of hydrogen-bond donors (Lipinski definition) is 1. The summed E-state index contributed by atoms with van der Waals surface area (Å²) in [6.07, 6.45) is 2.34. The molecule has 7 heteroatoms. The van der Waals surface area contributed by atoms with Gasteiger partial charge >= 0.3 is 0 Å². The zero-order valence-electron chi connectivity index (χ0n) is 13.5. The van der Waals surface area contributed by atoms with E-state index in [4.69, 9.17) is 5.26 Å². The molecule has 0 saturated carbocycles. The van der Waals surface area contributed by atoms with E-state index in [-0.39, 0.29) is 10.8 Å². The number of rotatable bonds is 4. The van der Waals surface area contributed by atoms with Crippen molar-refractivity contribution in [3.63, 3.8) is 0 Å². The van der Waals surface area contributed by atoms with Crippen molar-refractivity contribution < 1.29 is 13.2 Å². The Hall–Kier alpha value is -2.85. The number of nitriles is 1. The minimum Gasteiger partial charge on any atom is -0.312 e. The van der Waals surface area contributed by atoms with Gasteiger partial charge in [-0.25, -0.2) is 8.42 Å². The summed E-state index contributed by atoms with van der Waals surface area (Å²) < 4.78 is 27.5. The maximum atomic E-state index is 12.5. The SMILES string of the molecule is N#Cc1ccc(S(=O)(=O)Nc2cccc(N3CCCCC3=O)c2)cc1. The Labute approximate surface area is 146 Å². The van der Waals surface area contributed by atoms with E-state index in [1.54, 1.807) is 29.2 Å². The van der Waals surface area contributed by atoms with Gasteiger partial charge in [-0.1, -0.05) is 6.07 Å². The maximum absolute atomic E-state index is 12.5. The lowest BCUT2D eigenvalue weighted by molar-refractivity contribution is -0.119. The van der Waals surface area contributed by atoms with Crippen molar-refractivity contribution in [2.24, 2.45) is 0 Å². The zero-order chi connectivity index (χ0) is 17.9. The van der Waals surface area contributed by atoms with Gasteiger partial charge in [0.2, 0.25) is 5.91 Å². The van der Waals surface area contributed by atoms with E-state index >= 15 is 0 Å². The molecule has 0 bridgehead atoms. The third-order valence-electron chi connectivity index (χ3n) is 4.03. The van der Waals surface area contributed by atoms with Crippen LogP contribution in [0.15, 0.2) is 53.4 Å². The fourth-order valence-electron chi connectivity index (χ4n) is 2.74. The Morgan fingerprint density at radius 1 is 1.08 bits per heavy atom. The van der Waals surface area contributed by atoms with Crippen LogP contribution >= 0.6 is 0 Å². The Kier molecular flexibility index (Phi) is 4.72. The van der Waals surface area contributed by atoms with E-state index in [0.29, 0.717) is 29.9 Å². The molecular weight excluding hydrogens is 338 g/mol. The largest absolute Gasteiger partial charge is 0.312 e. The Morgan fingerprint density at radius 2 is 1.84 bits per heavy atom. The fraction of sp³-hybridized carbons (Fsp3) is 0.222. The molecule has 2 aromatic rings. The summed E-state index contributed by atoms with van der Waals surface area (Å²) in [5.74, 6) is 0.0540. The lowest BCUT2D eigenvalue weighted by atomic mass is 10.1. The maximum Gasteiger partial charge on any atom is 0.261 e. The van der Waals surface area contributed by atoms with Crippen molar-refractivity contribution in [3.05, 3.63) is 54.1 Å². The molecule has 1 N–H and O–H groups in total. The van der Waals surface area contributed by atoms with Crippen molar-refractivity contribution in [2.75, 3.05) is 16.2 Å². The van der Waals surface area contributed by atoms with Crippen molar-refractivity contribution >= 4 is 27.3 Å². The molecule has 0 radical (unpaired) electrons. The first kappa shape index (κ1) is 17.0. The van der Waals surface area contributed by atoms with Gasteiger partial charge in [-0.3, -0.25) is 9.52 Å². The molecule has 0 aliphatic carbocycles. The van der Waals surface area contributed by atoms with Gasteiger partial charge in [0.1, 0.15) is 0 Å². The summed E-state index contributed by atoms with van der Waals surface area (Å²) in [6.45, 7) is 0.644. The van der Waals surface area contributed by atoms with E-state index in [1.807, 2.05) is 6.07 Å². The molecule has 0 spiro atoms. The van der Waals surface area contributed by atoms with Crippen LogP contribution in [0.25, 0.3) is 0 Å². The van der Waals surface area contributed by atoms with Crippen LogP contribution in [-0.2, 0) is 14.8 Å². The highest BCUT2D eigenvalue weighted by Gasteiger charge is 2.20. The third-order valence-corrected chi connectivity index (χ3v) is 5.42. The van der Waals surface area contributed by atoms with Crippen LogP contribution in [0.2, 0.25) is 0 Å². The van der Waals surface area contributed by atoms with Gasteiger partial charge < -0.3 is 4.90 Å². The molecule has 1 saturated heterocycles. The molecule has 0 atom stereocenters.